The van der Waals surface area contributed by atoms with Gasteiger partial charge in [-0.3, -0.25) is 14.5 Å². The van der Waals surface area contributed by atoms with Gasteiger partial charge in [-0.15, -0.1) is 11.3 Å². The average molecular weight is 296 g/mol. The molecule has 1 aliphatic heterocycles. The fourth-order valence-corrected chi connectivity index (χ4v) is 3.03. The van der Waals surface area contributed by atoms with Crippen molar-refractivity contribution >= 4 is 23.2 Å². The number of nitrogens with two attached hydrogens (primary N) is 2. The van der Waals surface area contributed by atoms with Gasteiger partial charge in [0.2, 0.25) is 11.8 Å². The van der Waals surface area contributed by atoms with Crippen LogP contribution in [0.4, 0.5) is 0 Å². The summed E-state index contributed by atoms with van der Waals surface area (Å²) in [6.45, 7) is 3.88. The first kappa shape index (κ1) is 15.0. The normalized spacial score (nSPS) is 17.9. The Morgan fingerprint density at radius 1 is 1.30 bits per heavy atom. The largest absolute Gasteiger partial charge is 0.370 e. The maximum atomic E-state index is 12.0. The van der Waals surface area contributed by atoms with E-state index >= 15 is 0 Å². The summed E-state index contributed by atoms with van der Waals surface area (Å²) in [4.78, 5) is 28.2. The van der Waals surface area contributed by atoms with Gasteiger partial charge in [0, 0.05) is 37.6 Å². The highest BCUT2D eigenvalue weighted by atomic mass is 32.1. The molecule has 4 N–H and O–H groups in total. The van der Waals surface area contributed by atoms with Crippen LogP contribution in [0, 0.1) is 0 Å². The number of rotatable bonds is 5. The lowest BCUT2D eigenvalue weighted by atomic mass is 10.1. The van der Waals surface area contributed by atoms with Gasteiger partial charge in [-0.2, -0.15) is 0 Å². The fraction of sp³-hybridized carbons (Fsp3) is 0.538. The quantitative estimate of drug-likeness (QED) is 0.773. The van der Waals surface area contributed by atoms with Gasteiger partial charge in [0.25, 0.3) is 0 Å². The van der Waals surface area contributed by atoms with E-state index in [-0.39, 0.29) is 12.3 Å². The van der Waals surface area contributed by atoms with Gasteiger partial charge < -0.3 is 16.4 Å². The molecule has 0 aliphatic carbocycles. The van der Waals surface area contributed by atoms with E-state index in [1.807, 2.05) is 6.07 Å². The first-order chi connectivity index (χ1) is 9.56. The van der Waals surface area contributed by atoms with Crippen molar-refractivity contribution in [2.24, 2.45) is 11.5 Å². The van der Waals surface area contributed by atoms with Crippen molar-refractivity contribution in [2.75, 3.05) is 26.2 Å². The van der Waals surface area contributed by atoms with Crippen molar-refractivity contribution in [1.82, 2.24) is 9.80 Å². The van der Waals surface area contributed by atoms with E-state index in [9.17, 15) is 9.59 Å². The van der Waals surface area contributed by atoms with E-state index in [1.165, 1.54) is 4.88 Å². The lowest BCUT2D eigenvalue weighted by Gasteiger charge is -2.35. The van der Waals surface area contributed by atoms with Gasteiger partial charge in [0.05, 0.1) is 12.5 Å². The molecule has 2 amide bonds. The summed E-state index contributed by atoms with van der Waals surface area (Å²) in [7, 11) is 0. The van der Waals surface area contributed by atoms with Crippen LogP contribution in [0.25, 0.3) is 0 Å². The van der Waals surface area contributed by atoms with Gasteiger partial charge in [0.1, 0.15) is 0 Å². The van der Waals surface area contributed by atoms with E-state index in [0.717, 1.165) is 19.6 Å². The summed E-state index contributed by atoms with van der Waals surface area (Å²) in [5.74, 6) is -0.721. The predicted molar refractivity (Wildman–Crippen MR) is 78.0 cm³/mol. The zero-order chi connectivity index (χ0) is 14.5. The maximum absolute atomic E-state index is 12.0. The molecule has 2 heterocycles. The molecule has 0 radical (unpaired) electrons. The van der Waals surface area contributed by atoms with E-state index in [1.54, 1.807) is 16.2 Å². The third kappa shape index (κ3) is 4.03. The minimum absolute atomic E-state index is 0.0890. The van der Waals surface area contributed by atoms with Crippen LogP contribution >= 0.6 is 11.3 Å². The Hall–Kier alpha value is -1.44. The Bertz CT molecular complexity index is 455. The maximum Gasteiger partial charge on any atom is 0.240 e. The molecule has 1 saturated heterocycles. The van der Waals surface area contributed by atoms with Crippen molar-refractivity contribution in [1.29, 1.82) is 0 Å². The zero-order valence-corrected chi connectivity index (χ0v) is 12.1. The molecule has 0 saturated carbocycles. The van der Waals surface area contributed by atoms with Crippen molar-refractivity contribution < 1.29 is 9.59 Å². The number of carbonyl (C=O) groups is 2. The van der Waals surface area contributed by atoms with Crippen LogP contribution in [0.5, 0.6) is 0 Å². The molecule has 1 fully saturated rings. The summed E-state index contributed by atoms with van der Waals surface area (Å²) in [5, 5.41) is 2.07. The molecule has 1 aliphatic rings. The summed E-state index contributed by atoms with van der Waals surface area (Å²) in [5.41, 5.74) is 10.8. The average Bonchev–Trinajstić information content (AvgIpc) is 2.91. The summed E-state index contributed by atoms with van der Waals surface area (Å²) in [6.07, 6.45) is -0.0890. The van der Waals surface area contributed by atoms with Crippen molar-refractivity contribution in [3.8, 4) is 0 Å². The van der Waals surface area contributed by atoms with E-state index < -0.39 is 11.9 Å². The van der Waals surface area contributed by atoms with Gasteiger partial charge in [-0.1, -0.05) is 6.07 Å². The first-order valence-electron chi connectivity index (χ1n) is 6.63. The lowest BCUT2D eigenvalue weighted by molar-refractivity contribution is -0.136. The third-order valence-electron chi connectivity index (χ3n) is 3.38. The van der Waals surface area contributed by atoms with Crippen LogP contribution in [0.15, 0.2) is 17.5 Å². The summed E-state index contributed by atoms with van der Waals surface area (Å²) in [6, 6.07) is 3.35. The highest BCUT2D eigenvalue weighted by Gasteiger charge is 2.26. The number of hydrogen-bond donors (Lipinski definition) is 2. The number of thiophene rings is 1. The number of carbonyl (C=O) groups excluding carboxylic acids is 2. The molecule has 0 bridgehead atoms. The number of primary amides is 1. The van der Waals surface area contributed by atoms with Crippen LogP contribution in [0.1, 0.15) is 11.3 Å². The number of amides is 2. The molecule has 1 atom stereocenters. The number of piperazine rings is 1. The van der Waals surface area contributed by atoms with Crippen molar-refractivity contribution in [3.05, 3.63) is 22.4 Å². The monoisotopic (exact) mass is 296 g/mol. The SMILES string of the molecule is NC(=O)CC(N)C(=O)N1CCN(Cc2cccs2)CC1. The Labute approximate surface area is 122 Å². The summed E-state index contributed by atoms with van der Waals surface area (Å²) >= 11 is 1.74. The topological polar surface area (TPSA) is 92.7 Å². The second-order valence-electron chi connectivity index (χ2n) is 4.96. The van der Waals surface area contributed by atoms with Crippen molar-refractivity contribution in [2.45, 2.75) is 19.0 Å². The van der Waals surface area contributed by atoms with Gasteiger partial charge in [-0.05, 0) is 11.4 Å². The minimum atomic E-state index is -0.809. The molecule has 0 spiro atoms. The molecule has 0 aromatic carbocycles. The molecule has 6 nitrogen and oxygen atoms in total. The van der Waals surface area contributed by atoms with E-state index in [0.29, 0.717) is 13.1 Å². The molecule has 1 aromatic rings. The molecule has 7 heteroatoms. The molecule has 110 valence electrons. The first-order valence-corrected chi connectivity index (χ1v) is 7.51. The fourth-order valence-electron chi connectivity index (χ4n) is 2.29. The lowest BCUT2D eigenvalue weighted by Crippen LogP contribution is -2.53. The van der Waals surface area contributed by atoms with E-state index in [4.69, 9.17) is 11.5 Å². The smallest absolute Gasteiger partial charge is 0.240 e. The van der Waals surface area contributed by atoms with Crippen LogP contribution in [0.2, 0.25) is 0 Å². The van der Waals surface area contributed by atoms with Crippen LogP contribution in [-0.4, -0.2) is 53.8 Å². The second-order valence-corrected chi connectivity index (χ2v) is 5.99. The third-order valence-corrected chi connectivity index (χ3v) is 4.24. The predicted octanol–water partition coefficient (Wildman–Crippen LogP) is -0.405. The second kappa shape index (κ2) is 6.83. The Kier molecular flexibility index (Phi) is 5.11. The number of hydrogen-bond acceptors (Lipinski definition) is 5. The highest BCUT2D eigenvalue weighted by Crippen LogP contribution is 2.14. The van der Waals surface area contributed by atoms with Crippen molar-refractivity contribution in [3.63, 3.8) is 0 Å². The number of nitrogens with zero attached hydrogens (tertiary/aromatic N) is 2. The van der Waals surface area contributed by atoms with Crippen LogP contribution in [-0.2, 0) is 16.1 Å². The minimum Gasteiger partial charge on any atom is -0.370 e. The molecule has 20 heavy (non-hydrogen) atoms. The molecular formula is C13H20N4O2S. The molecular weight excluding hydrogens is 276 g/mol. The van der Waals surface area contributed by atoms with E-state index in [2.05, 4.69) is 16.3 Å². The highest BCUT2D eigenvalue weighted by molar-refractivity contribution is 7.09. The zero-order valence-electron chi connectivity index (χ0n) is 11.3. The van der Waals surface area contributed by atoms with Gasteiger partial charge in [0.15, 0.2) is 0 Å². The Morgan fingerprint density at radius 3 is 2.55 bits per heavy atom. The van der Waals surface area contributed by atoms with Gasteiger partial charge >= 0.3 is 0 Å². The Morgan fingerprint density at radius 2 is 2.00 bits per heavy atom. The summed E-state index contributed by atoms with van der Waals surface area (Å²) < 4.78 is 0. The standard InChI is InChI=1S/C13H20N4O2S/c14-11(8-12(15)18)13(19)17-5-3-16(4-6-17)9-10-2-1-7-20-10/h1-2,7,11H,3-6,8-9,14H2,(H2,15,18). The molecule has 1 unspecified atom stereocenters. The van der Waals surface area contributed by atoms with Gasteiger partial charge in [-0.25, -0.2) is 0 Å². The van der Waals surface area contributed by atoms with Crippen LogP contribution < -0.4 is 11.5 Å². The Balaban J connectivity index is 1.78. The molecule has 1 aromatic heterocycles. The van der Waals surface area contributed by atoms with Crippen LogP contribution in [0.3, 0.4) is 0 Å². The molecule has 2 rings (SSSR count).